The molecule has 0 aliphatic heterocycles. The zero-order chi connectivity index (χ0) is 12.7. The molecule has 0 aromatic rings. The molecule has 0 fully saturated rings. The lowest BCUT2D eigenvalue weighted by Crippen LogP contribution is -2.50. The molecule has 94 valence electrons. The highest BCUT2D eigenvalue weighted by Gasteiger charge is 2.23. The van der Waals surface area contributed by atoms with E-state index in [1.54, 1.807) is 7.05 Å². The zero-order valence-electron chi connectivity index (χ0n) is 9.93. The predicted molar refractivity (Wildman–Crippen MR) is 59.2 cm³/mol. The molecule has 0 aromatic carbocycles. The lowest BCUT2D eigenvalue weighted by molar-refractivity contribution is -0.140. The van der Waals surface area contributed by atoms with Gasteiger partial charge in [0.05, 0.1) is 6.61 Å². The van der Waals surface area contributed by atoms with Gasteiger partial charge in [0.15, 0.2) is 6.04 Å². The number of nitrogens with zero attached hydrogens (tertiary/aromatic N) is 1. The lowest BCUT2D eigenvalue weighted by atomic mass is 10.1. The van der Waals surface area contributed by atoms with Crippen LogP contribution in [0.4, 0.5) is 4.79 Å². The summed E-state index contributed by atoms with van der Waals surface area (Å²) in [5.74, 6) is -1.24. The molecule has 6 heteroatoms. The monoisotopic (exact) mass is 232 g/mol. The average molecular weight is 232 g/mol. The first-order valence-electron chi connectivity index (χ1n) is 5.34. The number of amides is 2. The second-order valence-corrected chi connectivity index (χ2v) is 3.60. The predicted octanol–water partition coefficient (Wildman–Crippen LogP) is 0.262. The number of hydrogen-bond acceptors (Lipinski definition) is 3. The maximum Gasteiger partial charge on any atom is 0.328 e. The Balaban J connectivity index is 4.38. The van der Waals surface area contributed by atoms with Gasteiger partial charge in [0, 0.05) is 13.1 Å². The van der Waals surface area contributed by atoms with E-state index in [-0.39, 0.29) is 6.04 Å². The summed E-state index contributed by atoms with van der Waals surface area (Å²) in [6.07, 6.45) is 1.61. The zero-order valence-corrected chi connectivity index (χ0v) is 9.93. The fraction of sp³-hybridized carbons (Fsp3) is 0.800. The Morgan fingerprint density at radius 1 is 1.31 bits per heavy atom. The van der Waals surface area contributed by atoms with Crippen LogP contribution in [0.25, 0.3) is 0 Å². The van der Waals surface area contributed by atoms with Crippen molar-refractivity contribution < 1.29 is 19.8 Å². The molecule has 0 bridgehead atoms. The van der Waals surface area contributed by atoms with Gasteiger partial charge < -0.3 is 20.4 Å². The summed E-state index contributed by atoms with van der Waals surface area (Å²) >= 11 is 0. The number of carboxylic acid groups (broad SMARTS) is 1. The maximum absolute atomic E-state index is 11.6. The van der Waals surface area contributed by atoms with Crippen molar-refractivity contribution in [3.8, 4) is 0 Å². The minimum Gasteiger partial charge on any atom is -0.480 e. The molecule has 0 aliphatic carbocycles. The molecular formula is C10H20N2O4. The second kappa shape index (κ2) is 7.05. The Morgan fingerprint density at radius 2 is 1.81 bits per heavy atom. The number of nitrogens with one attached hydrogen (secondary N) is 1. The smallest absolute Gasteiger partial charge is 0.328 e. The molecule has 1 unspecified atom stereocenters. The second-order valence-electron chi connectivity index (χ2n) is 3.60. The summed E-state index contributed by atoms with van der Waals surface area (Å²) in [7, 11) is 1.61. The van der Waals surface area contributed by atoms with Crippen LogP contribution in [-0.4, -0.2) is 52.9 Å². The molecule has 0 saturated heterocycles. The number of carboxylic acids is 1. The summed E-state index contributed by atoms with van der Waals surface area (Å²) in [6, 6.07) is -1.65. The topological polar surface area (TPSA) is 89.9 Å². The molecule has 0 aromatic heterocycles. The van der Waals surface area contributed by atoms with E-state index in [1.165, 1.54) is 4.90 Å². The van der Waals surface area contributed by atoms with Crippen LogP contribution in [0.1, 0.15) is 26.7 Å². The number of rotatable bonds is 6. The first-order chi connectivity index (χ1) is 7.47. The van der Waals surface area contributed by atoms with E-state index in [2.05, 4.69) is 5.32 Å². The first-order valence-corrected chi connectivity index (χ1v) is 5.34. The number of aliphatic hydroxyl groups is 1. The van der Waals surface area contributed by atoms with E-state index >= 15 is 0 Å². The minimum absolute atomic E-state index is 0.0770. The molecule has 0 radical (unpaired) electrons. The number of aliphatic carboxylic acids is 1. The van der Waals surface area contributed by atoms with Gasteiger partial charge in [-0.1, -0.05) is 13.8 Å². The molecule has 0 saturated carbocycles. The van der Waals surface area contributed by atoms with Crippen molar-refractivity contribution in [2.24, 2.45) is 0 Å². The lowest BCUT2D eigenvalue weighted by Gasteiger charge is -2.27. The van der Waals surface area contributed by atoms with Crippen LogP contribution in [0.15, 0.2) is 0 Å². The number of urea groups is 1. The third-order valence-electron chi connectivity index (χ3n) is 2.59. The van der Waals surface area contributed by atoms with Gasteiger partial charge in [0.1, 0.15) is 0 Å². The number of hydrogen-bond donors (Lipinski definition) is 3. The van der Waals surface area contributed by atoms with Gasteiger partial charge in [-0.15, -0.1) is 0 Å². The van der Waals surface area contributed by atoms with E-state index < -0.39 is 24.6 Å². The van der Waals surface area contributed by atoms with Crippen molar-refractivity contribution in [3.63, 3.8) is 0 Å². The highest BCUT2D eigenvalue weighted by atomic mass is 16.4. The van der Waals surface area contributed by atoms with E-state index in [0.29, 0.717) is 0 Å². The van der Waals surface area contributed by atoms with E-state index in [0.717, 1.165) is 12.8 Å². The number of aliphatic hydroxyl groups excluding tert-OH is 1. The van der Waals surface area contributed by atoms with Gasteiger partial charge in [-0.2, -0.15) is 0 Å². The fourth-order valence-corrected chi connectivity index (χ4v) is 1.44. The van der Waals surface area contributed by atoms with Gasteiger partial charge in [0.25, 0.3) is 0 Å². The largest absolute Gasteiger partial charge is 0.480 e. The summed E-state index contributed by atoms with van der Waals surface area (Å²) in [5.41, 5.74) is 0. The molecule has 0 spiro atoms. The Morgan fingerprint density at radius 3 is 2.12 bits per heavy atom. The van der Waals surface area contributed by atoms with Crippen LogP contribution in [0.2, 0.25) is 0 Å². The molecule has 6 nitrogen and oxygen atoms in total. The van der Waals surface area contributed by atoms with E-state index in [9.17, 15) is 9.59 Å². The normalized spacial score (nSPS) is 12.3. The first kappa shape index (κ1) is 14.7. The highest BCUT2D eigenvalue weighted by Crippen LogP contribution is 2.06. The average Bonchev–Trinajstić information content (AvgIpc) is 2.26. The standard InChI is InChI=1S/C10H20N2O4/c1-4-7(5-2)12(3)10(16)11-8(6-13)9(14)15/h7-8,13H,4-6H2,1-3H3,(H,11,16)(H,14,15). The molecule has 0 rings (SSSR count). The molecule has 1 atom stereocenters. The van der Waals surface area contributed by atoms with Crippen molar-refractivity contribution in [3.05, 3.63) is 0 Å². The fourth-order valence-electron chi connectivity index (χ4n) is 1.44. The van der Waals surface area contributed by atoms with Crippen LogP contribution in [0.3, 0.4) is 0 Å². The summed E-state index contributed by atoms with van der Waals surface area (Å²) in [5, 5.41) is 19.7. The Kier molecular flexibility index (Phi) is 6.48. The van der Waals surface area contributed by atoms with Gasteiger partial charge >= 0.3 is 12.0 Å². The quantitative estimate of drug-likeness (QED) is 0.613. The Labute approximate surface area is 95.2 Å². The van der Waals surface area contributed by atoms with Gasteiger partial charge in [-0.3, -0.25) is 0 Å². The van der Waals surface area contributed by atoms with Crippen LogP contribution in [-0.2, 0) is 4.79 Å². The highest BCUT2D eigenvalue weighted by molar-refractivity contribution is 5.82. The van der Waals surface area contributed by atoms with Crippen molar-refractivity contribution in [2.75, 3.05) is 13.7 Å². The summed E-state index contributed by atoms with van der Waals surface area (Å²) in [4.78, 5) is 23.7. The third kappa shape index (κ3) is 4.06. The van der Waals surface area contributed by atoms with Crippen LogP contribution in [0, 0.1) is 0 Å². The molecule has 0 heterocycles. The van der Waals surface area contributed by atoms with Crippen LogP contribution in [0.5, 0.6) is 0 Å². The Bertz CT molecular complexity index is 241. The van der Waals surface area contributed by atoms with Crippen LogP contribution >= 0.6 is 0 Å². The van der Waals surface area contributed by atoms with Crippen molar-refractivity contribution in [2.45, 2.75) is 38.8 Å². The number of carbonyl (C=O) groups is 2. The van der Waals surface area contributed by atoms with Gasteiger partial charge in [-0.25, -0.2) is 9.59 Å². The third-order valence-corrected chi connectivity index (χ3v) is 2.59. The number of carbonyl (C=O) groups excluding carboxylic acids is 1. The minimum atomic E-state index is -1.25. The SMILES string of the molecule is CCC(CC)N(C)C(=O)NC(CO)C(=O)O. The van der Waals surface area contributed by atoms with E-state index in [1.807, 2.05) is 13.8 Å². The Hall–Kier alpha value is -1.30. The van der Waals surface area contributed by atoms with Gasteiger partial charge in [0.2, 0.25) is 0 Å². The van der Waals surface area contributed by atoms with Crippen LogP contribution < -0.4 is 5.32 Å². The molecule has 3 N–H and O–H groups in total. The molecule has 2 amide bonds. The maximum atomic E-state index is 11.6. The molecule has 16 heavy (non-hydrogen) atoms. The van der Waals surface area contributed by atoms with E-state index in [4.69, 9.17) is 10.2 Å². The van der Waals surface area contributed by atoms with Gasteiger partial charge in [-0.05, 0) is 12.8 Å². The molecule has 0 aliphatic rings. The van der Waals surface area contributed by atoms with Crippen molar-refractivity contribution in [1.82, 2.24) is 10.2 Å². The summed E-state index contributed by atoms with van der Waals surface area (Å²) in [6.45, 7) is 3.30. The van der Waals surface area contributed by atoms with Crippen molar-refractivity contribution in [1.29, 1.82) is 0 Å². The molecular weight excluding hydrogens is 212 g/mol. The van der Waals surface area contributed by atoms with Crippen molar-refractivity contribution >= 4 is 12.0 Å². The summed E-state index contributed by atoms with van der Waals surface area (Å²) < 4.78 is 0.